The van der Waals surface area contributed by atoms with Crippen LogP contribution < -0.4 is 10.5 Å². The Morgan fingerprint density at radius 1 is 1.56 bits per heavy atom. The van der Waals surface area contributed by atoms with Crippen molar-refractivity contribution in [2.45, 2.75) is 6.92 Å². The maximum absolute atomic E-state index is 11.1. The molecule has 0 atom stereocenters. The second-order valence-electron chi connectivity index (χ2n) is 3.57. The number of nitrogen functional groups attached to an aromatic ring is 1. The molecule has 0 aliphatic carbocycles. The molecule has 1 aromatic carbocycles. The number of hydrogen-bond donors (Lipinski definition) is 3. The van der Waals surface area contributed by atoms with E-state index >= 15 is 0 Å². The lowest BCUT2D eigenvalue weighted by molar-refractivity contribution is 0.0693. The highest BCUT2D eigenvalue weighted by Gasteiger charge is 2.18. The minimum absolute atomic E-state index is 0.0789. The van der Waals surface area contributed by atoms with Crippen LogP contribution in [0.1, 0.15) is 15.9 Å². The van der Waals surface area contributed by atoms with Gasteiger partial charge in [0, 0.05) is 11.6 Å². The summed E-state index contributed by atoms with van der Waals surface area (Å²) in [6.07, 6.45) is 1.77. The number of aromatic carboxylic acids is 1. The molecule has 2 aromatic rings. The number of aromatic nitrogens is 1. The predicted octanol–water partition coefficient (Wildman–Crippen LogP) is 1.77. The van der Waals surface area contributed by atoms with Gasteiger partial charge in [-0.2, -0.15) is 0 Å². The Bertz CT molecular complexity index is 572. The smallest absolute Gasteiger partial charge is 0.339 e. The number of aryl methyl sites for hydroxylation is 1. The standard InChI is InChI=1S/C11H12N2O3/c1-5-4-13-9-7(12)3-6(11(14)15)10(16-2)8(5)9/h3-4,13H,12H2,1-2H3,(H,14,15). The molecular formula is C11H12N2O3. The van der Waals surface area contributed by atoms with Crippen LogP contribution >= 0.6 is 0 Å². The zero-order chi connectivity index (χ0) is 11.9. The van der Waals surface area contributed by atoms with E-state index in [4.69, 9.17) is 15.6 Å². The number of anilines is 1. The molecule has 0 unspecified atom stereocenters. The van der Waals surface area contributed by atoms with E-state index in [2.05, 4.69) is 4.98 Å². The highest BCUT2D eigenvalue weighted by Crippen LogP contribution is 2.35. The SMILES string of the molecule is COc1c(C(=O)O)cc(N)c2[nH]cc(C)c12. The van der Waals surface area contributed by atoms with Crippen LogP contribution in [0.4, 0.5) is 5.69 Å². The Labute approximate surface area is 91.8 Å². The van der Waals surface area contributed by atoms with Crippen molar-refractivity contribution in [1.29, 1.82) is 0 Å². The number of carboxylic acids is 1. The number of nitrogens with one attached hydrogen (secondary N) is 1. The maximum Gasteiger partial charge on any atom is 0.339 e. The molecule has 0 bridgehead atoms. The van der Waals surface area contributed by atoms with Crippen LogP contribution in [0, 0.1) is 6.92 Å². The van der Waals surface area contributed by atoms with Gasteiger partial charge >= 0.3 is 5.97 Å². The van der Waals surface area contributed by atoms with Crippen molar-refractivity contribution in [3.63, 3.8) is 0 Å². The fourth-order valence-corrected chi connectivity index (χ4v) is 1.84. The molecule has 0 saturated heterocycles. The minimum atomic E-state index is -1.05. The highest BCUT2D eigenvalue weighted by atomic mass is 16.5. The molecule has 2 rings (SSSR count). The van der Waals surface area contributed by atoms with Crippen LogP contribution in [0.3, 0.4) is 0 Å². The quantitative estimate of drug-likeness (QED) is 0.673. The van der Waals surface area contributed by atoms with E-state index in [9.17, 15) is 4.79 Å². The molecule has 5 nitrogen and oxygen atoms in total. The van der Waals surface area contributed by atoms with Gasteiger partial charge in [0.05, 0.1) is 18.3 Å². The van der Waals surface area contributed by atoms with E-state index in [0.29, 0.717) is 17.0 Å². The van der Waals surface area contributed by atoms with Gasteiger partial charge in [0.2, 0.25) is 0 Å². The van der Waals surface area contributed by atoms with E-state index in [1.165, 1.54) is 13.2 Å². The van der Waals surface area contributed by atoms with Gasteiger partial charge in [-0.1, -0.05) is 0 Å². The minimum Gasteiger partial charge on any atom is -0.495 e. The molecule has 0 saturated carbocycles. The largest absolute Gasteiger partial charge is 0.495 e. The molecule has 0 amide bonds. The van der Waals surface area contributed by atoms with Gasteiger partial charge in [-0.3, -0.25) is 0 Å². The number of hydrogen-bond acceptors (Lipinski definition) is 3. The van der Waals surface area contributed by atoms with Crippen molar-refractivity contribution in [3.8, 4) is 5.75 Å². The number of nitrogens with two attached hydrogens (primary N) is 1. The lowest BCUT2D eigenvalue weighted by atomic mass is 10.1. The normalized spacial score (nSPS) is 10.6. The maximum atomic E-state index is 11.1. The summed E-state index contributed by atoms with van der Waals surface area (Å²) in [6.45, 7) is 1.87. The average Bonchev–Trinajstić information content (AvgIpc) is 2.61. The van der Waals surface area contributed by atoms with Crippen LogP contribution in [0.25, 0.3) is 10.9 Å². The van der Waals surface area contributed by atoms with Gasteiger partial charge in [-0.15, -0.1) is 0 Å². The molecule has 16 heavy (non-hydrogen) atoms. The molecule has 0 spiro atoms. The summed E-state index contributed by atoms with van der Waals surface area (Å²) < 4.78 is 5.16. The van der Waals surface area contributed by atoms with Crippen LogP contribution in [0.5, 0.6) is 5.75 Å². The van der Waals surface area contributed by atoms with Crippen molar-refractivity contribution in [1.82, 2.24) is 4.98 Å². The number of benzene rings is 1. The number of H-pyrrole nitrogens is 1. The van der Waals surface area contributed by atoms with Gasteiger partial charge in [0.25, 0.3) is 0 Å². The predicted molar refractivity (Wildman–Crippen MR) is 61.0 cm³/mol. The zero-order valence-electron chi connectivity index (χ0n) is 9.00. The number of fused-ring (bicyclic) bond motifs is 1. The van der Waals surface area contributed by atoms with Crippen molar-refractivity contribution in [2.75, 3.05) is 12.8 Å². The van der Waals surface area contributed by atoms with Gasteiger partial charge in [0.1, 0.15) is 11.3 Å². The zero-order valence-corrected chi connectivity index (χ0v) is 9.00. The summed E-state index contributed by atoms with van der Waals surface area (Å²) in [4.78, 5) is 14.1. The number of aromatic amines is 1. The van der Waals surface area contributed by atoms with Crippen molar-refractivity contribution < 1.29 is 14.6 Å². The molecule has 0 fully saturated rings. The summed E-state index contributed by atoms with van der Waals surface area (Å²) in [5, 5.41) is 9.79. The van der Waals surface area contributed by atoms with Crippen molar-refractivity contribution in [2.24, 2.45) is 0 Å². The van der Waals surface area contributed by atoms with E-state index in [-0.39, 0.29) is 5.56 Å². The second-order valence-corrected chi connectivity index (χ2v) is 3.57. The Morgan fingerprint density at radius 3 is 2.81 bits per heavy atom. The second kappa shape index (κ2) is 3.44. The van der Waals surface area contributed by atoms with Crippen molar-refractivity contribution >= 4 is 22.6 Å². The Hall–Kier alpha value is -2.17. The van der Waals surface area contributed by atoms with E-state index in [1.807, 2.05) is 6.92 Å². The van der Waals surface area contributed by atoms with Crippen LogP contribution in [0.15, 0.2) is 12.3 Å². The van der Waals surface area contributed by atoms with Gasteiger partial charge in [-0.25, -0.2) is 4.79 Å². The molecular weight excluding hydrogens is 208 g/mol. The molecule has 1 heterocycles. The molecule has 1 aromatic heterocycles. The summed E-state index contributed by atoms with van der Waals surface area (Å²) in [5.74, 6) is -0.707. The lowest BCUT2D eigenvalue weighted by Crippen LogP contribution is -2.03. The first-order valence-electron chi connectivity index (χ1n) is 4.73. The monoisotopic (exact) mass is 220 g/mol. The third kappa shape index (κ3) is 1.29. The first-order chi connectivity index (χ1) is 7.56. The third-order valence-corrected chi connectivity index (χ3v) is 2.57. The molecule has 4 N–H and O–H groups in total. The molecule has 84 valence electrons. The summed E-state index contributed by atoms with van der Waals surface area (Å²) >= 11 is 0. The van der Waals surface area contributed by atoms with E-state index in [0.717, 1.165) is 10.9 Å². The molecule has 5 heteroatoms. The number of methoxy groups -OCH3 is 1. The fraction of sp³-hybridized carbons (Fsp3) is 0.182. The number of carbonyl (C=O) groups is 1. The van der Waals surface area contributed by atoms with Crippen LogP contribution in [-0.2, 0) is 0 Å². The highest BCUT2D eigenvalue weighted by molar-refractivity contribution is 6.05. The molecule has 0 radical (unpaired) electrons. The molecule has 0 aliphatic rings. The topological polar surface area (TPSA) is 88.3 Å². The van der Waals surface area contributed by atoms with Gasteiger partial charge < -0.3 is 20.6 Å². The van der Waals surface area contributed by atoms with Crippen LogP contribution in [0.2, 0.25) is 0 Å². The van der Waals surface area contributed by atoms with Crippen molar-refractivity contribution in [3.05, 3.63) is 23.4 Å². The lowest BCUT2D eigenvalue weighted by Gasteiger charge is -2.09. The third-order valence-electron chi connectivity index (χ3n) is 2.57. The van der Waals surface area contributed by atoms with E-state index < -0.39 is 5.97 Å². The Balaban J connectivity index is 2.93. The Kier molecular flexibility index (Phi) is 2.23. The Morgan fingerprint density at radius 2 is 2.25 bits per heavy atom. The van der Waals surface area contributed by atoms with Gasteiger partial charge in [-0.05, 0) is 18.6 Å². The fourth-order valence-electron chi connectivity index (χ4n) is 1.84. The number of carboxylic acid groups (broad SMARTS) is 1. The van der Waals surface area contributed by atoms with Gasteiger partial charge in [0.15, 0.2) is 0 Å². The number of rotatable bonds is 2. The average molecular weight is 220 g/mol. The molecule has 0 aliphatic heterocycles. The van der Waals surface area contributed by atoms with Crippen LogP contribution in [-0.4, -0.2) is 23.2 Å². The first kappa shape index (κ1) is 10.4. The number of ether oxygens (including phenoxy) is 1. The van der Waals surface area contributed by atoms with E-state index in [1.54, 1.807) is 6.20 Å². The first-order valence-corrected chi connectivity index (χ1v) is 4.73. The summed E-state index contributed by atoms with van der Waals surface area (Å²) in [6, 6.07) is 1.40. The summed E-state index contributed by atoms with van der Waals surface area (Å²) in [7, 11) is 1.45. The summed E-state index contributed by atoms with van der Waals surface area (Å²) in [5.41, 5.74) is 7.88.